The van der Waals surface area contributed by atoms with Gasteiger partial charge in [0, 0.05) is 29.9 Å². The summed E-state index contributed by atoms with van der Waals surface area (Å²) in [6.45, 7) is 4.39. The second kappa shape index (κ2) is 9.83. The Hall–Kier alpha value is -4.21. The zero-order valence-corrected chi connectivity index (χ0v) is 21.4. The molecule has 0 bridgehead atoms. The third-order valence-electron chi connectivity index (χ3n) is 5.92. The van der Waals surface area contributed by atoms with Gasteiger partial charge in [0.2, 0.25) is 5.91 Å². The van der Waals surface area contributed by atoms with E-state index in [1.807, 2.05) is 0 Å². The van der Waals surface area contributed by atoms with Crippen molar-refractivity contribution in [2.75, 3.05) is 5.32 Å². The van der Waals surface area contributed by atoms with Gasteiger partial charge in [-0.15, -0.1) is 11.3 Å². The SMILES string of the molecule is C=CC(F)(F)Cn1c(=O)c2c(ncn2[C@@H](C)C(=O)Nc2csc(-c3cnc(C)c(C(F)(F)F)c3)n2)n(C)c1=O. The molecule has 39 heavy (non-hydrogen) atoms. The van der Waals surface area contributed by atoms with Gasteiger partial charge in [-0.3, -0.25) is 23.7 Å². The van der Waals surface area contributed by atoms with Crippen LogP contribution in [0.25, 0.3) is 21.7 Å². The fourth-order valence-corrected chi connectivity index (χ4v) is 4.49. The molecule has 1 N–H and O–H groups in total. The van der Waals surface area contributed by atoms with Gasteiger partial charge in [-0.1, -0.05) is 6.58 Å². The van der Waals surface area contributed by atoms with Crippen LogP contribution in [0.15, 0.2) is 46.2 Å². The van der Waals surface area contributed by atoms with Crippen molar-refractivity contribution < 1.29 is 26.7 Å². The number of rotatable bonds is 7. The Morgan fingerprint density at radius 3 is 2.56 bits per heavy atom. The monoisotopic (exact) mass is 569 g/mol. The molecule has 10 nitrogen and oxygen atoms in total. The fraction of sp³-hybridized carbons (Fsp3) is 0.304. The van der Waals surface area contributed by atoms with E-state index in [9.17, 15) is 36.3 Å². The van der Waals surface area contributed by atoms with Crippen molar-refractivity contribution in [3.63, 3.8) is 0 Å². The van der Waals surface area contributed by atoms with Crippen LogP contribution in [0.5, 0.6) is 0 Å². The predicted octanol–water partition coefficient (Wildman–Crippen LogP) is 3.76. The van der Waals surface area contributed by atoms with Crippen molar-refractivity contribution in [3.8, 4) is 10.6 Å². The molecule has 0 radical (unpaired) electrons. The number of pyridine rings is 1. The highest BCUT2D eigenvalue weighted by Crippen LogP contribution is 2.35. The van der Waals surface area contributed by atoms with Crippen LogP contribution >= 0.6 is 11.3 Å². The van der Waals surface area contributed by atoms with Crippen LogP contribution in [0, 0.1) is 6.92 Å². The number of thiazole rings is 1. The maximum Gasteiger partial charge on any atom is 0.418 e. The Bertz CT molecular complexity index is 1720. The van der Waals surface area contributed by atoms with Crippen molar-refractivity contribution in [1.29, 1.82) is 0 Å². The minimum atomic E-state index is -4.60. The summed E-state index contributed by atoms with van der Waals surface area (Å²) in [5.74, 6) is -4.21. The second-order valence-electron chi connectivity index (χ2n) is 8.58. The molecule has 0 saturated carbocycles. The lowest BCUT2D eigenvalue weighted by Gasteiger charge is -2.16. The third-order valence-corrected chi connectivity index (χ3v) is 6.81. The number of hydrogen-bond donors (Lipinski definition) is 1. The number of aromatic nitrogens is 6. The maximum absolute atomic E-state index is 13.9. The summed E-state index contributed by atoms with van der Waals surface area (Å²) in [6, 6.07) is -0.213. The van der Waals surface area contributed by atoms with Gasteiger partial charge in [-0.25, -0.2) is 23.5 Å². The van der Waals surface area contributed by atoms with Gasteiger partial charge in [0.15, 0.2) is 11.2 Å². The molecule has 0 aromatic carbocycles. The van der Waals surface area contributed by atoms with Crippen molar-refractivity contribution in [3.05, 3.63) is 68.7 Å². The van der Waals surface area contributed by atoms with Gasteiger partial charge in [0.05, 0.1) is 18.4 Å². The largest absolute Gasteiger partial charge is 0.418 e. The van der Waals surface area contributed by atoms with E-state index < -0.39 is 47.4 Å². The van der Waals surface area contributed by atoms with E-state index in [-0.39, 0.29) is 33.2 Å². The highest BCUT2D eigenvalue weighted by atomic mass is 32.1. The van der Waals surface area contributed by atoms with Gasteiger partial charge < -0.3 is 9.88 Å². The lowest BCUT2D eigenvalue weighted by molar-refractivity contribution is -0.138. The molecule has 1 amide bonds. The average molecular weight is 570 g/mol. The quantitative estimate of drug-likeness (QED) is 0.268. The number of fused-ring (bicyclic) bond motifs is 1. The Morgan fingerprint density at radius 1 is 1.23 bits per heavy atom. The van der Waals surface area contributed by atoms with Crippen LogP contribution in [0.4, 0.5) is 27.8 Å². The van der Waals surface area contributed by atoms with Crippen LogP contribution in [-0.2, 0) is 24.6 Å². The number of nitrogens with zero attached hydrogens (tertiary/aromatic N) is 6. The van der Waals surface area contributed by atoms with E-state index in [4.69, 9.17) is 0 Å². The first-order chi connectivity index (χ1) is 18.1. The van der Waals surface area contributed by atoms with E-state index in [1.54, 1.807) is 0 Å². The average Bonchev–Trinajstić information content (AvgIpc) is 3.52. The minimum absolute atomic E-state index is 0.0286. The van der Waals surface area contributed by atoms with Crippen molar-refractivity contribution in [2.45, 2.75) is 38.5 Å². The van der Waals surface area contributed by atoms with Crippen LogP contribution in [0.3, 0.4) is 0 Å². The summed E-state index contributed by atoms with van der Waals surface area (Å²) in [6.07, 6.45) is -1.93. The van der Waals surface area contributed by atoms with Gasteiger partial charge in [0.1, 0.15) is 16.9 Å². The summed E-state index contributed by atoms with van der Waals surface area (Å²) >= 11 is 0.974. The van der Waals surface area contributed by atoms with Crippen LogP contribution in [0.1, 0.15) is 24.2 Å². The second-order valence-corrected chi connectivity index (χ2v) is 9.44. The lowest BCUT2D eigenvalue weighted by Crippen LogP contribution is -2.43. The number of aryl methyl sites for hydroxylation is 2. The topological polar surface area (TPSA) is 117 Å². The molecule has 1 atom stereocenters. The summed E-state index contributed by atoms with van der Waals surface area (Å²) < 4.78 is 70.0. The number of alkyl halides is 5. The molecule has 0 aliphatic heterocycles. The number of anilines is 1. The minimum Gasteiger partial charge on any atom is -0.312 e. The van der Waals surface area contributed by atoms with E-state index in [0.717, 1.165) is 32.9 Å². The first-order valence-electron chi connectivity index (χ1n) is 11.1. The Kier molecular flexibility index (Phi) is 7.01. The molecule has 4 heterocycles. The molecule has 4 aromatic rings. The standard InChI is InChI=1S/C23H20F5N7O3S/c1-5-22(24,25)9-34-20(37)16-17(33(4)21(34)38)30-10-35(16)12(3)18(36)31-15-8-39-19(32-15)13-6-14(23(26,27)28)11(2)29-7-13/h5-8,10,12H,1,9H2,2-4H3,(H,31,36)/t12-/m0/s1. The first-order valence-corrected chi connectivity index (χ1v) is 12.0. The molecular weight excluding hydrogens is 549 g/mol. The molecule has 0 unspecified atom stereocenters. The van der Waals surface area contributed by atoms with E-state index >= 15 is 0 Å². The maximum atomic E-state index is 13.9. The van der Waals surface area contributed by atoms with Crippen molar-refractivity contribution in [1.82, 2.24) is 28.7 Å². The number of allylic oxidation sites excluding steroid dienone is 1. The number of nitrogens with one attached hydrogen (secondary N) is 1. The summed E-state index contributed by atoms with van der Waals surface area (Å²) in [5.41, 5.74) is -3.48. The number of hydrogen-bond acceptors (Lipinski definition) is 7. The number of carbonyl (C=O) groups excluding carboxylic acids is 1. The van der Waals surface area contributed by atoms with Gasteiger partial charge in [0.25, 0.3) is 11.5 Å². The molecule has 206 valence electrons. The molecule has 0 fully saturated rings. The fourth-order valence-electron chi connectivity index (χ4n) is 3.76. The molecule has 4 aromatic heterocycles. The molecule has 4 rings (SSSR count). The molecule has 0 aliphatic rings. The van der Waals surface area contributed by atoms with E-state index in [2.05, 4.69) is 26.8 Å². The lowest BCUT2D eigenvalue weighted by atomic mass is 10.1. The molecule has 0 saturated heterocycles. The summed E-state index contributed by atoms with van der Waals surface area (Å²) in [7, 11) is 1.25. The van der Waals surface area contributed by atoms with E-state index in [1.165, 1.54) is 32.5 Å². The smallest absolute Gasteiger partial charge is 0.312 e. The van der Waals surface area contributed by atoms with Gasteiger partial charge in [-0.05, 0) is 26.0 Å². The van der Waals surface area contributed by atoms with Gasteiger partial charge >= 0.3 is 11.9 Å². The number of halogens is 5. The zero-order chi connectivity index (χ0) is 28.9. The highest BCUT2D eigenvalue weighted by Gasteiger charge is 2.34. The normalized spacial score (nSPS) is 13.0. The molecular formula is C23H20F5N7O3S. The first kappa shape index (κ1) is 27.8. The number of imidazole rings is 1. The molecule has 16 heteroatoms. The van der Waals surface area contributed by atoms with Gasteiger partial charge in [-0.2, -0.15) is 13.2 Å². The van der Waals surface area contributed by atoms with Crippen molar-refractivity contribution in [2.24, 2.45) is 7.05 Å². The Balaban J connectivity index is 1.64. The number of amides is 1. The third kappa shape index (κ3) is 5.23. The Morgan fingerprint density at radius 2 is 1.92 bits per heavy atom. The summed E-state index contributed by atoms with van der Waals surface area (Å²) in [4.78, 5) is 50.5. The molecule has 0 spiro atoms. The zero-order valence-electron chi connectivity index (χ0n) is 20.6. The van der Waals surface area contributed by atoms with E-state index in [0.29, 0.717) is 10.6 Å². The van der Waals surface area contributed by atoms with Crippen LogP contribution < -0.4 is 16.6 Å². The van der Waals surface area contributed by atoms with Crippen molar-refractivity contribution >= 4 is 34.2 Å². The highest BCUT2D eigenvalue weighted by molar-refractivity contribution is 7.13. The molecule has 0 aliphatic carbocycles. The number of carbonyl (C=O) groups is 1. The van der Waals surface area contributed by atoms with Crippen LogP contribution in [-0.4, -0.2) is 40.5 Å². The Labute approximate surface area is 220 Å². The van der Waals surface area contributed by atoms with Crippen LogP contribution in [0.2, 0.25) is 0 Å². The predicted molar refractivity (Wildman–Crippen MR) is 133 cm³/mol. The summed E-state index contributed by atoms with van der Waals surface area (Å²) in [5, 5.41) is 4.09.